The van der Waals surface area contributed by atoms with E-state index in [9.17, 15) is 0 Å². The van der Waals surface area contributed by atoms with Gasteiger partial charge in [0, 0.05) is 5.56 Å². The average Bonchev–Trinajstić information content (AvgIpc) is 2.16. The van der Waals surface area contributed by atoms with Gasteiger partial charge < -0.3 is 0 Å². The topological polar surface area (TPSA) is 0 Å². The molecule has 0 N–H and O–H groups in total. The fraction of sp³-hybridized carbons (Fsp3) is 0.364. The Morgan fingerprint density at radius 1 is 1.31 bits per heavy atom. The molecular formula is C11H14S2. The van der Waals surface area contributed by atoms with Crippen molar-refractivity contribution in [2.75, 3.05) is 6.26 Å². The molecule has 0 saturated heterocycles. The summed E-state index contributed by atoms with van der Waals surface area (Å²) in [5, 5.41) is 0. The molecule has 0 atom stereocenters. The summed E-state index contributed by atoms with van der Waals surface area (Å²) in [6, 6.07) is 8.38. The van der Waals surface area contributed by atoms with Crippen LogP contribution < -0.4 is 0 Å². The Bertz CT molecular complexity index is 303. The highest BCUT2D eigenvalue weighted by molar-refractivity contribution is 8.23. The van der Waals surface area contributed by atoms with Crippen LogP contribution >= 0.6 is 24.0 Å². The van der Waals surface area contributed by atoms with Crippen molar-refractivity contribution in [1.29, 1.82) is 0 Å². The van der Waals surface area contributed by atoms with Crippen molar-refractivity contribution >= 4 is 28.2 Å². The van der Waals surface area contributed by atoms with Crippen LogP contribution in [0.2, 0.25) is 0 Å². The predicted molar refractivity (Wildman–Crippen MR) is 65.7 cm³/mol. The Kier molecular flexibility index (Phi) is 3.94. The lowest BCUT2D eigenvalue weighted by Gasteiger charge is -2.11. The maximum Gasteiger partial charge on any atom is 0.0778 e. The molecule has 0 aliphatic heterocycles. The molecule has 0 fully saturated rings. The van der Waals surface area contributed by atoms with Crippen LogP contribution in [0.5, 0.6) is 0 Å². The zero-order chi connectivity index (χ0) is 9.84. The summed E-state index contributed by atoms with van der Waals surface area (Å²) < 4.78 is 0.990. The van der Waals surface area contributed by atoms with Crippen molar-refractivity contribution in [3.63, 3.8) is 0 Å². The van der Waals surface area contributed by atoms with Crippen LogP contribution in [0.15, 0.2) is 24.3 Å². The van der Waals surface area contributed by atoms with E-state index < -0.39 is 0 Å². The van der Waals surface area contributed by atoms with Crippen molar-refractivity contribution in [1.82, 2.24) is 0 Å². The number of rotatable bonds is 2. The molecule has 1 aromatic carbocycles. The predicted octanol–water partition coefficient (Wildman–Crippen LogP) is 3.85. The van der Waals surface area contributed by atoms with Crippen molar-refractivity contribution in [2.45, 2.75) is 19.8 Å². The van der Waals surface area contributed by atoms with Crippen LogP contribution in [-0.2, 0) is 0 Å². The quantitative estimate of drug-likeness (QED) is 0.680. The highest BCUT2D eigenvalue weighted by Crippen LogP contribution is 2.22. The summed E-state index contributed by atoms with van der Waals surface area (Å²) >= 11 is 6.93. The number of hydrogen-bond acceptors (Lipinski definition) is 2. The van der Waals surface area contributed by atoms with E-state index >= 15 is 0 Å². The van der Waals surface area contributed by atoms with E-state index in [1.807, 2.05) is 12.3 Å². The Balaban J connectivity index is 3.12. The van der Waals surface area contributed by atoms with Crippen LogP contribution in [0, 0.1) is 0 Å². The molecule has 0 aliphatic rings. The van der Waals surface area contributed by atoms with Gasteiger partial charge in [0.1, 0.15) is 0 Å². The van der Waals surface area contributed by atoms with Crippen LogP contribution in [0.4, 0.5) is 0 Å². The lowest BCUT2D eigenvalue weighted by atomic mass is 9.98. The molecule has 0 heterocycles. The molecule has 0 radical (unpaired) electrons. The number of hydrogen-bond donors (Lipinski definition) is 0. The molecule has 0 aromatic heterocycles. The fourth-order valence-corrected chi connectivity index (χ4v) is 1.89. The zero-order valence-electron chi connectivity index (χ0n) is 8.20. The highest BCUT2D eigenvalue weighted by atomic mass is 32.2. The largest absolute Gasteiger partial charge is 0.117 e. The lowest BCUT2D eigenvalue weighted by molar-refractivity contribution is 0.865. The Labute approximate surface area is 89.7 Å². The number of thiocarbonyl (C=S) groups is 1. The van der Waals surface area contributed by atoms with Crippen molar-refractivity contribution in [3.05, 3.63) is 35.4 Å². The molecule has 1 rings (SSSR count). The normalized spacial score (nSPS) is 10.5. The van der Waals surface area contributed by atoms with Gasteiger partial charge in [-0.25, -0.2) is 0 Å². The second-order valence-corrected chi connectivity index (χ2v) is 4.72. The third kappa shape index (κ3) is 2.55. The van der Waals surface area contributed by atoms with Gasteiger partial charge in [0.25, 0.3) is 0 Å². The molecule has 0 saturated carbocycles. The lowest BCUT2D eigenvalue weighted by Crippen LogP contribution is -1.99. The first-order valence-corrected chi connectivity index (χ1v) is 5.97. The average molecular weight is 210 g/mol. The van der Waals surface area contributed by atoms with E-state index in [2.05, 4.69) is 32.0 Å². The molecule has 0 amide bonds. The van der Waals surface area contributed by atoms with E-state index in [-0.39, 0.29) is 0 Å². The van der Waals surface area contributed by atoms with Crippen LogP contribution in [0.3, 0.4) is 0 Å². The van der Waals surface area contributed by atoms with Crippen molar-refractivity contribution < 1.29 is 0 Å². The van der Waals surface area contributed by atoms with Gasteiger partial charge in [-0.15, -0.1) is 11.8 Å². The summed E-state index contributed by atoms with van der Waals surface area (Å²) in [7, 11) is 0. The second-order valence-electron chi connectivity index (χ2n) is 3.23. The molecule has 2 heteroatoms. The third-order valence-corrected chi connectivity index (χ3v) is 3.30. The molecule has 0 unspecified atom stereocenters. The molecule has 0 nitrogen and oxygen atoms in total. The first-order valence-electron chi connectivity index (χ1n) is 4.34. The minimum absolute atomic E-state index is 0.543. The third-order valence-electron chi connectivity index (χ3n) is 1.99. The molecule has 0 aliphatic carbocycles. The summed E-state index contributed by atoms with van der Waals surface area (Å²) in [6.07, 6.45) is 2.03. The van der Waals surface area contributed by atoms with Gasteiger partial charge in [0.15, 0.2) is 0 Å². The van der Waals surface area contributed by atoms with Gasteiger partial charge in [0.2, 0.25) is 0 Å². The van der Waals surface area contributed by atoms with Crippen molar-refractivity contribution in [2.24, 2.45) is 0 Å². The molecule has 13 heavy (non-hydrogen) atoms. The molecule has 1 aromatic rings. The minimum Gasteiger partial charge on any atom is -0.117 e. The monoisotopic (exact) mass is 210 g/mol. The van der Waals surface area contributed by atoms with Crippen LogP contribution in [0.1, 0.15) is 30.9 Å². The first-order chi connectivity index (χ1) is 6.16. The van der Waals surface area contributed by atoms with Gasteiger partial charge in [-0.3, -0.25) is 0 Å². The van der Waals surface area contributed by atoms with Gasteiger partial charge in [0.05, 0.1) is 4.20 Å². The SMILES string of the molecule is CSC(=S)c1ccccc1C(C)C. The van der Waals surface area contributed by atoms with Crippen molar-refractivity contribution in [3.8, 4) is 0 Å². The molecule has 0 spiro atoms. The van der Waals surface area contributed by atoms with Crippen LogP contribution in [0.25, 0.3) is 0 Å². The molecule has 70 valence electrons. The summed E-state index contributed by atoms with van der Waals surface area (Å²) in [4.78, 5) is 0. The summed E-state index contributed by atoms with van der Waals surface area (Å²) in [6.45, 7) is 4.39. The number of benzene rings is 1. The van der Waals surface area contributed by atoms with Gasteiger partial charge in [-0.05, 0) is 17.7 Å². The Morgan fingerprint density at radius 3 is 2.46 bits per heavy atom. The van der Waals surface area contributed by atoms with E-state index in [1.165, 1.54) is 11.1 Å². The second kappa shape index (κ2) is 4.77. The van der Waals surface area contributed by atoms with Gasteiger partial charge in [-0.1, -0.05) is 50.3 Å². The Hall–Kier alpha value is -0.340. The van der Waals surface area contributed by atoms with E-state index in [0.29, 0.717) is 5.92 Å². The van der Waals surface area contributed by atoms with E-state index in [1.54, 1.807) is 11.8 Å². The van der Waals surface area contributed by atoms with Crippen LogP contribution in [-0.4, -0.2) is 10.5 Å². The summed E-state index contributed by atoms with van der Waals surface area (Å²) in [5.74, 6) is 0.543. The highest BCUT2D eigenvalue weighted by Gasteiger charge is 2.08. The molecule has 0 bridgehead atoms. The molecular weight excluding hydrogens is 196 g/mol. The van der Waals surface area contributed by atoms with Gasteiger partial charge >= 0.3 is 0 Å². The maximum absolute atomic E-state index is 5.29. The van der Waals surface area contributed by atoms with E-state index in [0.717, 1.165) is 4.20 Å². The fourth-order valence-electron chi connectivity index (χ4n) is 1.30. The van der Waals surface area contributed by atoms with Gasteiger partial charge in [-0.2, -0.15) is 0 Å². The minimum atomic E-state index is 0.543. The zero-order valence-corrected chi connectivity index (χ0v) is 9.84. The smallest absolute Gasteiger partial charge is 0.0778 e. The Morgan fingerprint density at radius 2 is 1.92 bits per heavy atom. The maximum atomic E-state index is 5.29. The first kappa shape index (κ1) is 10.7. The summed E-state index contributed by atoms with van der Waals surface area (Å²) in [5.41, 5.74) is 2.57. The number of thioether (sulfide) groups is 1. The standard InChI is InChI=1S/C11H14S2/c1-8(2)9-6-4-5-7-10(9)11(12)13-3/h4-8H,1-3H3. The van der Waals surface area contributed by atoms with E-state index in [4.69, 9.17) is 12.2 Å².